The summed E-state index contributed by atoms with van der Waals surface area (Å²) in [5, 5.41) is 8.12. The number of esters is 1. The average molecular weight is 237 g/mol. The highest BCUT2D eigenvalue weighted by atomic mass is 16.6. The van der Waals surface area contributed by atoms with Gasteiger partial charge in [-0.3, -0.25) is 4.79 Å². The van der Waals surface area contributed by atoms with Crippen molar-refractivity contribution >= 4 is 5.97 Å². The van der Waals surface area contributed by atoms with Gasteiger partial charge in [-0.15, -0.1) is 10.2 Å². The van der Waals surface area contributed by atoms with Gasteiger partial charge in [0.25, 0.3) is 0 Å². The van der Waals surface area contributed by atoms with E-state index in [1.807, 2.05) is 27.7 Å². The standard InChI is InChI=1S/C12H19N3O2/c1-8-13-14-10-7-9(5-6-15(8)10)11(16)17-12(2,3)4/h9H,5-7H2,1-4H3. The van der Waals surface area contributed by atoms with Crippen LogP contribution in [0.5, 0.6) is 0 Å². The minimum absolute atomic E-state index is 0.0784. The number of nitrogens with zero attached hydrogens (tertiary/aromatic N) is 3. The molecule has 5 nitrogen and oxygen atoms in total. The van der Waals surface area contributed by atoms with Crippen LogP contribution in [-0.4, -0.2) is 26.3 Å². The van der Waals surface area contributed by atoms with E-state index in [2.05, 4.69) is 14.8 Å². The summed E-state index contributed by atoms with van der Waals surface area (Å²) in [6.45, 7) is 8.41. The Balaban J connectivity index is 2.05. The zero-order valence-corrected chi connectivity index (χ0v) is 10.9. The number of aryl methyl sites for hydroxylation is 1. The molecule has 0 N–H and O–H groups in total. The summed E-state index contributed by atoms with van der Waals surface area (Å²) < 4.78 is 7.47. The fourth-order valence-corrected chi connectivity index (χ4v) is 2.06. The molecule has 2 rings (SSSR count). The highest BCUT2D eigenvalue weighted by molar-refractivity contribution is 5.73. The Morgan fingerprint density at radius 3 is 2.76 bits per heavy atom. The molecule has 1 aliphatic heterocycles. The number of hydrogen-bond acceptors (Lipinski definition) is 4. The molecular weight excluding hydrogens is 218 g/mol. The van der Waals surface area contributed by atoms with Crippen LogP contribution in [0.1, 0.15) is 38.8 Å². The monoisotopic (exact) mass is 237 g/mol. The topological polar surface area (TPSA) is 57.0 Å². The normalized spacial score (nSPS) is 19.9. The molecule has 0 amide bonds. The number of carbonyl (C=O) groups excluding carboxylic acids is 1. The van der Waals surface area contributed by atoms with Crippen LogP contribution in [0.3, 0.4) is 0 Å². The van der Waals surface area contributed by atoms with Crippen molar-refractivity contribution in [3.63, 3.8) is 0 Å². The lowest BCUT2D eigenvalue weighted by Gasteiger charge is -2.26. The van der Waals surface area contributed by atoms with E-state index < -0.39 is 5.60 Å². The van der Waals surface area contributed by atoms with E-state index in [9.17, 15) is 4.79 Å². The largest absolute Gasteiger partial charge is 0.460 e. The van der Waals surface area contributed by atoms with Crippen LogP contribution >= 0.6 is 0 Å². The number of hydrogen-bond donors (Lipinski definition) is 0. The van der Waals surface area contributed by atoms with E-state index in [0.717, 1.165) is 24.6 Å². The van der Waals surface area contributed by atoms with Crippen LogP contribution in [0.15, 0.2) is 0 Å². The molecule has 1 aliphatic rings. The predicted octanol–water partition coefficient (Wildman–Crippen LogP) is 1.49. The van der Waals surface area contributed by atoms with Crippen molar-refractivity contribution in [3.8, 4) is 0 Å². The Hall–Kier alpha value is -1.39. The zero-order chi connectivity index (χ0) is 12.6. The first-order valence-electron chi connectivity index (χ1n) is 5.98. The molecule has 0 fully saturated rings. The van der Waals surface area contributed by atoms with Gasteiger partial charge in [-0.2, -0.15) is 0 Å². The van der Waals surface area contributed by atoms with Gasteiger partial charge in [-0.25, -0.2) is 0 Å². The van der Waals surface area contributed by atoms with Crippen molar-refractivity contribution in [1.29, 1.82) is 0 Å². The second-order valence-electron chi connectivity index (χ2n) is 5.54. The number of rotatable bonds is 1. The Morgan fingerprint density at radius 2 is 2.12 bits per heavy atom. The predicted molar refractivity (Wildman–Crippen MR) is 62.4 cm³/mol. The van der Waals surface area contributed by atoms with Crippen LogP contribution in [0, 0.1) is 12.8 Å². The number of fused-ring (bicyclic) bond motifs is 1. The first kappa shape index (κ1) is 12.1. The van der Waals surface area contributed by atoms with Crippen molar-refractivity contribution < 1.29 is 9.53 Å². The lowest BCUT2D eigenvalue weighted by Crippen LogP contribution is -2.33. The van der Waals surface area contributed by atoms with E-state index >= 15 is 0 Å². The molecule has 0 radical (unpaired) electrons. The van der Waals surface area contributed by atoms with Crippen LogP contribution in [0.2, 0.25) is 0 Å². The molecule has 1 atom stereocenters. The summed E-state index contributed by atoms with van der Waals surface area (Å²) in [6, 6.07) is 0. The van der Waals surface area contributed by atoms with Crippen LogP contribution < -0.4 is 0 Å². The van der Waals surface area contributed by atoms with Crippen molar-refractivity contribution in [2.75, 3.05) is 0 Å². The summed E-state index contributed by atoms with van der Waals surface area (Å²) in [4.78, 5) is 12.0. The van der Waals surface area contributed by atoms with Gasteiger partial charge in [0.1, 0.15) is 17.2 Å². The molecule has 17 heavy (non-hydrogen) atoms. The third-order valence-electron chi connectivity index (χ3n) is 2.88. The van der Waals surface area contributed by atoms with Crippen molar-refractivity contribution in [3.05, 3.63) is 11.6 Å². The van der Waals surface area contributed by atoms with Gasteiger partial charge in [-0.05, 0) is 34.1 Å². The van der Waals surface area contributed by atoms with Crippen LogP contribution in [0.25, 0.3) is 0 Å². The minimum atomic E-state index is -0.419. The Bertz CT molecular complexity index is 431. The second-order valence-corrected chi connectivity index (χ2v) is 5.54. The highest BCUT2D eigenvalue weighted by Gasteiger charge is 2.30. The molecule has 0 spiro atoms. The molecule has 0 saturated carbocycles. The van der Waals surface area contributed by atoms with E-state index in [1.54, 1.807) is 0 Å². The molecule has 0 aromatic carbocycles. The van der Waals surface area contributed by atoms with Crippen molar-refractivity contribution in [2.24, 2.45) is 5.92 Å². The van der Waals surface area contributed by atoms with Gasteiger partial charge in [-0.1, -0.05) is 0 Å². The molecule has 1 unspecified atom stereocenters. The summed E-state index contributed by atoms with van der Waals surface area (Å²) in [6.07, 6.45) is 1.44. The van der Waals surface area contributed by atoms with E-state index in [1.165, 1.54) is 0 Å². The zero-order valence-electron chi connectivity index (χ0n) is 10.9. The molecule has 1 aromatic rings. The number of ether oxygens (including phenoxy) is 1. The summed E-state index contributed by atoms with van der Waals surface area (Å²) >= 11 is 0. The Labute approximate surface area is 101 Å². The molecule has 0 bridgehead atoms. The van der Waals surface area contributed by atoms with Gasteiger partial charge in [0.15, 0.2) is 0 Å². The van der Waals surface area contributed by atoms with Gasteiger partial charge in [0, 0.05) is 13.0 Å². The van der Waals surface area contributed by atoms with Gasteiger partial charge in [0.2, 0.25) is 0 Å². The van der Waals surface area contributed by atoms with Gasteiger partial charge in [0.05, 0.1) is 5.92 Å². The van der Waals surface area contributed by atoms with E-state index in [4.69, 9.17) is 4.74 Å². The Kier molecular flexibility index (Phi) is 2.93. The summed E-state index contributed by atoms with van der Waals surface area (Å²) in [5.74, 6) is 1.61. The lowest BCUT2D eigenvalue weighted by atomic mass is 9.97. The molecule has 94 valence electrons. The summed E-state index contributed by atoms with van der Waals surface area (Å²) in [7, 11) is 0. The van der Waals surface area contributed by atoms with Crippen molar-refractivity contribution in [1.82, 2.24) is 14.8 Å². The first-order valence-corrected chi connectivity index (χ1v) is 5.98. The SMILES string of the molecule is Cc1nnc2n1CCC(C(=O)OC(C)(C)C)C2. The van der Waals surface area contributed by atoms with Gasteiger partial charge >= 0.3 is 5.97 Å². The molecule has 5 heteroatoms. The summed E-state index contributed by atoms with van der Waals surface area (Å²) in [5.41, 5.74) is -0.419. The Morgan fingerprint density at radius 1 is 1.41 bits per heavy atom. The van der Waals surface area contributed by atoms with Crippen LogP contribution in [-0.2, 0) is 22.5 Å². The average Bonchev–Trinajstić information content (AvgIpc) is 2.57. The molecule has 0 saturated heterocycles. The number of carbonyl (C=O) groups is 1. The highest BCUT2D eigenvalue weighted by Crippen LogP contribution is 2.23. The van der Waals surface area contributed by atoms with Crippen LogP contribution in [0.4, 0.5) is 0 Å². The number of aromatic nitrogens is 3. The fourth-order valence-electron chi connectivity index (χ4n) is 2.06. The first-order chi connectivity index (χ1) is 7.87. The maximum atomic E-state index is 12.0. The van der Waals surface area contributed by atoms with E-state index in [-0.39, 0.29) is 11.9 Å². The van der Waals surface area contributed by atoms with E-state index in [0.29, 0.717) is 6.42 Å². The third-order valence-corrected chi connectivity index (χ3v) is 2.88. The smallest absolute Gasteiger partial charge is 0.309 e. The molecule has 1 aromatic heterocycles. The second kappa shape index (κ2) is 4.13. The molecule has 2 heterocycles. The lowest BCUT2D eigenvalue weighted by molar-refractivity contribution is -0.160. The van der Waals surface area contributed by atoms with Gasteiger partial charge < -0.3 is 9.30 Å². The maximum absolute atomic E-state index is 12.0. The molecular formula is C12H19N3O2. The van der Waals surface area contributed by atoms with Crippen molar-refractivity contribution in [2.45, 2.75) is 52.7 Å². The molecule has 0 aliphatic carbocycles. The fraction of sp³-hybridized carbons (Fsp3) is 0.750. The maximum Gasteiger partial charge on any atom is 0.309 e. The third kappa shape index (κ3) is 2.65. The minimum Gasteiger partial charge on any atom is -0.460 e. The quantitative estimate of drug-likeness (QED) is 0.694.